The first-order chi connectivity index (χ1) is 13.9. The normalized spacial score (nSPS) is 10.8. The van der Waals surface area contributed by atoms with Crippen molar-refractivity contribution < 1.29 is 18.9 Å². The quantitative estimate of drug-likeness (QED) is 0.330. The Morgan fingerprint density at radius 2 is 1.93 bits per heavy atom. The molecule has 0 bridgehead atoms. The Balaban J connectivity index is 1.53. The number of carbonyl (C=O) groups excluding carboxylic acids is 1. The molecule has 0 saturated carbocycles. The first-order valence-electron chi connectivity index (χ1n) is 8.17. The fraction of sp³-hybridized carbons (Fsp3) is 0.0526. The van der Waals surface area contributed by atoms with Gasteiger partial charge in [-0.15, -0.1) is 0 Å². The number of hydrazone groups is 1. The highest BCUT2D eigenvalue weighted by atomic mass is 35.5. The predicted octanol–water partition coefficient (Wildman–Crippen LogP) is 4.69. The highest BCUT2D eigenvalue weighted by Gasteiger charge is 2.09. The molecule has 0 saturated heterocycles. The van der Waals surface area contributed by atoms with E-state index in [2.05, 4.69) is 10.5 Å². The number of hydrogen-bond donors (Lipinski definition) is 1. The van der Waals surface area contributed by atoms with Crippen molar-refractivity contribution in [3.8, 4) is 17.1 Å². The highest BCUT2D eigenvalue weighted by Crippen LogP contribution is 2.27. The van der Waals surface area contributed by atoms with E-state index in [4.69, 9.17) is 32.4 Å². The standard InChI is InChI=1S/C19H13Cl2N3O5/c20-13-3-7-16(21)18(9-13)28-11-19(25)23-22-10-15-6-8-17(29-15)12-1-4-14(5-2-12)24(26)27/h1-10H,11H2,(H,23,25). The molecule has 2 aromatic carbocycles. The van der Waals surface area contributed by atoms with E-state index < -0.39 is 10.8 Å². The molecule has 0 fully saturated rings. The van der Waals surface area contributed by atoms with Crippen LogP contribution in [0.2, 0.25) is 10.0 Å². The molecule has 1 heterocycles. The maximum atomic E-state index is 11.8. The Morgan fingerprint density at radius 1 is 1.17 bits per heavy atom. The van der Waals surface area contributed by atoms with Crippen LogP contribution in [-0.4, -0.2) is 23.7 Å². The van der Waals surface area contributed by atoms with Crippen LogP contribution in [0.15, 0.2) is 64.1 Å². The fourth-order valence-electron chi connectivity index (χ4n) is 2.26. The number of carbonyl (C=O) groups is 1. The van der Waals surface area contributed by atoms with Crippen molar-refractivity contribution in [1.29, 1.82) is 0 Å². The second-order valence-corrected chi connectivity index (χ2v) is 6.51. The van der Waals surface area contributed by atoms with Gasteiger partial charge in [0.25, 0.3) is 11.6 Å². The van der Waals surface area contributed by atoms with Gasteiger partial charge >= 0.3 is 0 Å². The Morgan fingerprint density at radius 3 is 2.66 bits per heavy atom. The highest BCUT2D eigenvalue weighted by molar-refractivity contribution is 6.34. The number of amides is 1. The largest absolute Gasteiger partial charge is 0.482 e. The van der Waals surface area contributed by atoms with Gasteiger partial charge in [-0.25, -0.2) is 5.43 Å². The van der Waals surface area contributed by atoms with E-state index >= 15 is 0 Å². The molecule has 0 aliphatic rings. The van der Waals surface area contributed by atoms with Crippen molar-refractivity contribution in [2.75, 3.05) is 6.61 Å². The summed E-state index contributed by atoms with van der Waals surface area (Å²) in [5, 5.41) is 15.3. The van der Waals surface area contributed by atoms with Crippen molar-refractivity contribution in [3.63, 3.8) is 0 Å². The average molecular weight is 434 g/mol. The predicted molar refractivity (Wildman–Crippen MR) is 108 cm³/mol. The molecule has 1 aromatic heterocycles. The summed E-state index contributed by atoms with van der Waals surface area (Å²) in [6.07, 6.45) is 1.32. The van der Waals surface area contributed by atoms with E-state index in [0.29, 0.717) is 27.1 Å². The minimum Gasteiger partial charge on any atom is -0.482 e. The summed E-state index contributed by atoms with van der Waals surface area (Å²) in [5.74, 6) is 0.681. The van der Waals surface area contributed by atoms with Crippen LogP contribution in [0, 0.1) is 10.1 Å². The van der Waals surface area contributed by atoms with Gasteiger partial charge in [0.1, 0.15) is 17.3 Å². The molecule has 0 aliphatic carbocycles. The number of nitro groups is 1. The monoisotopic (exact) mass is 433 g/mol. The van der Waals surface area contributed by atoms with Gasteiger partial charge in [-0.2, -0.15) is 5.10 Å². The molecular formula is C19H13Cl2N3O5. The van der Waals surface area contributed by atoms with Gasteiger partial charge in [0, 0.05) is 28.8 Å². The summed E-state index contributed by atoms with van der Waals surface area (Å²) in [7, 11) is 0. The number of ether oxygens (including phenoxy) is 1. The molecule has 0 unspecified atom stereocenters. The summed E-state index contributed by atoms with van der Waals surface area (Å²) in [6, 6.07) is 13.9. The number of halogens is 2. The summed E-state index contributed by atoms with van der Waals surface area (Å²) < 4.78 is 10.9. The molecule has 0 radical (unpaired) electrons. The van der Waals surface area contributed by atoms with E-state index in [9.17, 15) is 14.9 Å². The van der Waals surface area contributed by atoms with Crippen LogP contribution in [0.3, 0.4) is 0 Å². The molecule has 8 nitrogen and oxygen atoms in total. The molecule has 148 valence electrons. The molecule has 10 heteroatoms. The topological polar surface area (TPSA) is 107 Å². The lowest BCUT2D eigenvalue weighted by Crippen LogP contribution is -2.24. The Bertz CT molecular complexity index is 1060. The van der Waals surface area contributed by atoms with Crippen LogP contribution in [0.1, 0.15) is 5.76 Å². The smallest absolute Gasteiger partial charge is 0.277 e. The Hall–Kier alpha value is -3.36. The molecule has 1 N–H and O–H groups in total. The second-order valence-electron chi connectivity index (χ2n) is 5.66. The molecule has 29 heavy (non-hydrogen) atoms. The number of nitro benzene ring substituents is 1. The van der Waals surface area contributed by atoms with Crippen molar-refractivity contribution >= 4 is 41.0 Å². The summed E-state index contributed by atoms with van der Waals surface area (Å²) in [4.78, 5) is 22.0. The van der Waals surface area contributed by atoms with Crippen LogP contribution in [0.25, 0.3) is 11.3 Å². The fourth-order valence-corrected chi connectivity index (χ4v) is 2.59. The zero-order chi connectivity index (χ0) is 20.8. The third-order valence-corrected chi connectivity index (χ3v) is 4.17. The maximum absolute atomic E-state index is 11.8. The average Bonchev–Trinajstić information content (AvgIpc) is 3.17. The molecule has 0 spiro atoms. The van der Waals surface area contributed by atoms with Gasteiger partial charge in [0.2, 0.25) is 0 Å². The third kappa shape index (κ3) is 5.56. The van der Waals surface area contributed by atoms with Crippen LogP contribution >= 0.6 is 23.2 Å². The summed E-state index contributed by atoms with van der Waals surface area (Å²) in [6.45, 7) is -0.302. The number of nitrogens with zero attached hydrogens (tertiary/aromatic N) is 2. The SMILES string of the molecule is O=C(COc1cc(Cl)ccc1Cl)NN=Cc1ccc(-c2ccc([N+](=O)[O-])cc2)o1. The van der Waals surface area contributed by atoms with Gasteiger partial charge < -0.3 is 9.15 Å². The van der Waals surface area contributed by atoms with Gasteiger partial charge in [0.15, 0.2) is 6.61 Å². The Labute approximate surface area is 174 Å². The lowest BCUT2D eigenvalue weighted by molar-refractivity contribution is -0.384. The minimum atomic E-state index is -0.501. The number of rotatable bonds is 7. The molecule has 1 amide bonds. The van der Waals surface area contributed by atoms with Gasteiger partial charge in [-0.1, -0.05) is 23.2 Å². The second kappa shape index (κ2) is 9.22. The number of hydrogen-bond acceptors (Lipinski definition) is 6. The number of nitrogens with one attached hydrogen (secondary N) is 1. The molecular weight excluding hydrogens is 421 g/mol. The van der Waals surface area contributed by atoms with Crippen LogP contribution in [0.4, 0.5) is 5.69 Å². The van der Waals surface area contributed by atoms with Crippen LogP contribution in [-0.2, 0) is 4.79 Å². The van der Waals surface area contributed by atoms with E-state index in [1.165, 1.54) is 24.4 Å². The lowest BCUT2D eigenvalue weighted by atomic mass is 10.1. The van der Waals surface area contributed by atoms with Crippen molar-refractivity contribution in [3.05, 3.63) is 80.5 Å². The lowest BCUT2D eigenvalue weighted by Gasteiger charge is -2.07. The first-order valence-corrected chi connectivity index (χ1v) is 8.92. The van der Waals surface area contributed by atoms with Crippen LogP contribution in [0.5, 0.6) is 5.75 Å². The van der Waals surface area contributed by atoms with Crippen molar-refractivity contribution in [2.24, 2.45) is 5.10 Å². The van der Waals surface area contributed by atoms with E-state index in [1.54, 1.807) is 36.4 Å². The van der Waals surface area contributed by atoms with Crippen molar-refractivity contribution in [2.45, 2.75) is 0 Å². The van der Waals surface area contributed by atoms with Crippen molar-refractivity contribution in [1.82, 2.24) is 5.43 Å². The minimum absolute atomic E-state index is 0.00825. The van der Waals surface area contributed by atoms with Gasteiger partial charge in [-0.3, -0.25) is 14.9 Å². The zero-order valence-electron chi connectivity index (χ0n) is 14.7. The van der Waals surface area contributed by atoms with E-state index in [1.807, 2.05) is 0 Å². The third-order valence-electron chi connectivity index (χ3n) is 3.62. The van der Waals surface area contributed by atoms with E-state index in [-0.39, 0.29) is 18.0 Å². The van der Waals surface area contributed by atoms with E-state index in [0.717, 1.165) is 0 Å². The number of furan rings is 1. The summed E-state index contributed by atoms with van der Waals surface area (Å²) in [5.41, 5.74) is 2.96. The maximum Gasteiger partial charge on any atom is 0.277 e. The summed E-state index contributed by atoms with van der Waals surface area (Å²) >= 11 is 11.8. The van der Waals surface area contributed by atoms with Gasteiger partial charge in [-0.05, 0) is 36.4 Å². The number of benzene rings is 2. The zero-order valence-corrected chi connectivity index (χ0v) is 16.2. The first kappa shape index (κ1) is 20.4. The van der Waals surface area contributed by atoms with Gasteiger partial charge in [0.05, 0.1) is 16.2 Å². The Kier molecular flexibility index (Phi) is 6.48. The molecule has 0 aliphatic heterocycles. The number of non-ortho nitro benzene ring substituents is 1. The molecule has 3 aromatic rings. The molecule has 3 rings (SSSR count). The van der Waals surface area contributed by atoms with Crippen LogP contribution < -0.4 is 10.2 Å². The molecule has 0 atom stereocenters.